The lowest BCUT2D eigenvalue weighted by atomic mass is 10.3. The van der Waals surface area contributed by atoms with Gasteiger partial charge in [-0.15, -0.1) is 5.10 Å². The fourth-order valence-corrected chi connectivity index (χ4v) is 3.18. The van der Waals surface area contributed by atoms with Crippen LogP contribution >= 0.6 is 0 Å². The number of aromatic nitrogens is 5. The lowest BCUT2D eigenvalue weighted by Crippen LogP contribution is -2.27. The monoisotopic (exact) mass is 345 g/mol. The minimum atomic E-state index is -2.69. The van der Waals surface area contributed by atoms with Crippen LogP contribution in [0.2, 0.25) is 0 Å². The van der Waals surface area contributed by atoms with Gasteiger partial charge in [0.05, 0.1) is 6.54 Å². The van der Waals surface area contributed by atoms with Crippen LogP contribution in [-0.2, 0) is 0 Å². The molecule has 9 heteroatoms. The van der Waals surface area contributed by atoms with E-state index in [9.17, 15) is 8.78 Å². The van der Waals surface area contributed by atoms with Crippen molar-refractivity contribution in [1.82, 2.24) is 24.8 Å². The summed E-state index contributed by atoms with van der Waals surface area (Å²) in [7, 11) is 0. The number of hydrogen-bond donors (Lipinski definition) is 2. The van der Waals surface area contributed by atoms with E-state index in [1.165, 1.54) is 17.7 Å². The molecule has 2 aliphatic rings. The predicted molar refractivity (Wildman–Crippen MR) is 88.6 cm³/mol. The van der Waals surface area contributed by atoms with Gasteiger partial charge in [-0.25, -0.2) is 13.3 Å². The van der Waals surface area contributed by atoms with E-state index in [4.69, 9.17) is 0 Å². The fraction of sp³-hybridized carbons (Fsp3) is 0.438. The van der Waals surface area contributed by atoms with Crippen molar-refractivity contribution in [1.29, 1.82) is 0 Å². The average Bonchev–Trinajstić information content (AvgIpc) is 2.98. The SMILES string of the molecule is FC1(F)CCN(c2nc(Nc3cc(C4CC4)[nH]n3)c3cccn3n2)C1. The highest BCUT2D eigenvalue weighted by atomic mass is 19.3. The molecule has 2 fully saturated rings. The number of H-pyrrole nitrogens is 1. The molecular formula is C16H17F2N7. The first-order valence-corrected chi connectivity index (χ1v) is 8.38. The summed E-state index contributed by atoms with van der Waals surface area (Å²) in [5.41, 5.74) is 1.88. The van der Waals surface area contributed by atoms with Gasteiger partial charge in [0.25, 0.3) is 5.92 Å². The largest absolute Gasteiger partial charge is 0.333 e. The molecule has 3 aromatic heterocycles. The van der Waals surface area contributed by atoms with Crippen molar-refractivity contribution in [2.75, 3.05) is 23.3 Å². The molecule has 130 valence electrons. The summed E-state index contributed by atoms with van der Waals surface area (Å²) in [6, 6.07) is 5.69. The van der Waals surface area contributed by atoms with Gasteiger partial charge in [-0.3, -0.25) is 5.10 Å². The smallest absolute Gasteiger partial charge is 0.267 e. The minimum absolute atomic E-state index is 0.174. The van der Waals surface area contributed by atoms with E-state index >= 15 is 0 Å². The van der Waals surface area contributed by atoms with Crippen LogP contribution in [0, 0.1) is 0 Å². The zero-order chi connectivity index (χ0) is 17.0. The third kappa shape index (κ3) is 2.69. The molecule has 0 radical (unpaired) electrons. The highest BCUT2D eigenvalue weighted by molar-refractivity contribution is 5.73. The summed E-state index contributed by atoms with van der Waals surface area (Å²) in [6.45, 7) is -0.110. The van der Waals surface area contributed by atoms with Gasteiger partial charge in [0.15, 0.2) is 11.6 Å². The molecule has 1 saturated carbocycles. The van der Waals surface area contributed by atoms with Crippen molar-refractivity contribution in [2.45, 2.75) is 31.1 Å². The molecule has 2 N–H and O–H groups in total. The predicted octanol–water partition coefficient (Wildman–Crippen LogP) is 2.92. The molecule has 4 heterocycles. The molecule has 25 heavy (non-hydrogen) atoms. The molecule has 5 rings (SSSR count). The Morgan fingerprint density at radius 2 is 2.20 bits per heavy atom. The third-order valence-corrected chi connectivity index (χ3v) is 4.69. The molecule has 0 amide bonds. The third-order valence-electron chi connectivity index (χ3n) is 4.69. The number of aromatic amines is 1. The fourth-order valence-electron chi connectivity index (χ4n) is 3.18. The van der Waals surface area contributed by atoms with Gasteiger partial charge in [-0.1, -0.05) is 0 Å². The van der Waals surface area contributed by atoms with Crippen molar-refractivity contribution >= 4 is 23.1 Å². The lowest BCUT2D eigenvalue weighted by molar-refractivity contribution is 0.0256. The van der Waals surface area contributed by atoms with Crippen LogP contribution in [0.3, 0.4) is 0 Å². The number of nitrogens with one attached hydrogen (secondary N) is 2. The van der Waals surface area contributed by atoms with E-state index in [-0.39, 0.29) is 19.5 Å². The number of anilines is 3. The van der Waals surface area contributed by atoms with Crippen LogP contribution < -0.4 is 10.2 Å². The van der Waals surface area contributed by atoms with Gasteiger partial charge in [0.1, 0.15) is 5.52 Å². The number of rotatable bonds is 4. The Morgan fingerprint density at radius 3 is 2.96 bits per heavy atom. The Kier molecular flexibility index (Phi) is 3.01. The number of hydrogen-bond acceptors (Lipinski definition) is 5. The first-order valence-electron chi connectivity index (χ1n) is 8.38. The first kappa shape index (κ1) is 14.6. The maximum Gasteiger partial charge on any atom is 0.267 e. The van der Waals surface area contributed by atoms with Gasteiger partial charge in [-0.2, -0.15) is 10.1 Å². The van der Waals surface area contributed by atoms with Crippen molar-refractivity contribution < 1.29 is 8.78 Å². The molecule has 0 unspecified atom stereocenters. The molecule has 3 aromatic rings. The van der Waals surface area contributed by atoms with E-state index in [0.717, 1.165) is 11.2 Å². The van der Waals surface area contributed by atoms with Crippen molar-refractivity contribution in [3.05, 3.63) is 30.1 Å². The van der Waals surface area contributed by atoms with Crippen LogP contribution in [0.15, 0.2) is 24.4 Å². The van der Waals surface area contributed by atoms with Crippen molar-refractivity contribution in [2.24, 2.45) is 0 Å². The molecule has 7 nitrogen and oxygen atoms in total. The quantitative estimate of drug-likeness (QED) is 0.760. The van der Waals surface area contributed by atoms with Crippen LogP contribution in [-0.4, -0.2) is 43.8 Å². The molecule has 0 spiro atoms. The number of fused-ring (bicyclic) bond motifs is 1. The van der Waals surface area contributed by atoms with E-state index < -0.39 is 5.92 Å². The summed E-state index contributed by atoms with van der Waals surface area (Å²) >= 11 is 0. The normalized spacial score (nSPS) is 19.7. The zero-order valence-corrected chi connectivity index (χ0v) is 13.4. The van der Waals surface area contributed by atoms with E-state index in [2.05, 4.69) is 25.6 Å². The second-order valence-corrected chi connectivity index (χ2v) is 6.73. The maximum atomic E-state index is 13.5. The van der Waals surface area contributed by atoms with E-state index in [0.29, 0.717) is 23.5 Å². The molecule has 0 bridgehead atoms. The van der Waals surface area contributed by atoms with Gasteiger partial charge in [-0.05, 0) is 25.0 Å². The Hall–Kier alpha value is -2.71. The molecule has 0 aromatic carbocycles. The number of alkyl halides is 2. The maximum absolute atomic E-state index is 13.5. The Morgan fingerprint density at radius 1 is 1.32 bits per heavy atom. The summed E-state index contributed by atoms with van der Waals surface area (Å²) < 4.78 is 28.7. The molecule has 0 atom stereocenters. The van der Waals surface area contributed by atoms with Gasteiger partial charge in [0, 0.05) is 36.8 Å². The van der Waals surface area contributed by atoms with Crippen LogP contribution in [0.5, 0.6) is 0 Å². The number of nitrogens with zero attached hydrogens (tertiary/aromatic N) is 5. The second kappa shape index (κ2) is 5.14. The van der Waals surface area contributed by atoms with E-state index in [1.807, 2.05) is 18.2 Å². The highest BCUT2D eigenvalue weighted by Crippen LogP contribution is 2.39. The topological polar surface area (TPSA) is 74.1 Å². The zero-order valence-electron chi connectivity index (χ0n) is 13.4. The van der Waals surface area contributed by atoms with Crippen LogP contribution in [0.25, 0.3) is 5.52 Å². The molecule has 1 aliphatic heterocycles. The molecular weight excluding hydrogens is 328 g/mol. The van der Waals surface area contributed by atoms with Crippen LogP contribution in [0.4, 0.5) is 26.4 Å². The van der Waals surface area contributed by atoms with Crippen molar-refractivity contribution in [3.63, 3.8) is 0 Å². The Bertz CT molecular complexity index is 928. The number of halogens is 2. The Balaban J connectivity index is 1.49. The van der Waals surface area contributed by atoms with Gasteiger partial charge >= 0.3 is 0 Å². The summed E-state index contributed by atoms with van der Waals surface area (Å²) in [6.07, 6.45) is 3.98. The van der Waals surface area contributed by atoms with Crippen molar-refractivity contribution in [3.8, 4) is 0 Å². The summed E-state index contributed by atoms with van der Waals surface area (Å²) in [5.74, 6) is -0.602. The second-order valence-electron chi connectivity index (χ2n) is 6.73. The minimum Gasteiger partial charge on any atom is -0.333 e. The summed E-state index contributed by atoms with van der Waals surface area (Å²) in [5, 5.41) is 14.9. The van der Waals surface area contributed by atoms with Gasteiger partial charge < -0.3 is 10.2 Å². The molecule has 1 aliphatic carbocycles. The average molecular weight is 345 g/mol. The highest BCUT2D eigenvalue weighted by Gasteiger charge is 2.39. The summed E-state index contributed by atoms with van der Waals surface area (Å²) in [4.78, 5) is 6.00. The lowest BCUT2D eigenvalue weighted by Gasteiger charge is -2.17. The van der Waals surface area contributed by atoms with Gasteiger partial charge in [0.2, 0.25) is 5.95 Å². The standard InChI is InChI=1S/C16H17F2N7/c17-16(18)5-7-24(9-16)15-20-14(12-2-1-6-25(12)23-15)19-13-8-11(21-22-13)10-3-4-10/h1-2,6,8,10H,3-5,7,9H2,(H2,19,20,21,22,23). The van der Waals surface area contributed by atoms with E-state index in [1.54, 1.807) is 10.7 Å². The Labute approximate surface area is 142 Å². The van der Waals surface area contributed by atoms with Crippen LogP contribution in [0.1, 0.15) is 30.9 Å². The molecule has 1 saturated heterocycles. The first-order chi connectivity index (χ1) is 12.1.